The smallest absolute Gasteiger partial charge is 0.247 e. The monoisotopic (exact) mass is 568 g/mol. The summed E-state index contributed by atoms with van der Waals surface area (Å²) in [7, 11) is 3.36. The Balaban J connectivity index is 1.69. The Morgan fingerprint density at radius 3 is 2.37 bits per heavy atom. The molecule has 1 atom stereocenters. The molecule has 2 amide bonds. The highest BCUT2D eigenvalue weighted by Gasteiger charge is 2.31. The maximum absolute atomic E-state index is 13.9. The van der Waals surface area contributed by atoms with E-state index in [1.807, 2.05) is 86.8 Å². The second kappa shape index (κ2) is 14.5. The summed E-state index contributed by atoms with van der Waals surface area (Å²) in [6.07, 6.45) is 7.33. The molecule has 2 aromatic heterocycles. The maximum Gasteiger partial charge on any atom is 0.247 e. The van der Waals surface area contributed by atoms with Gasteiger partial charge < -0.3 is 14.5 Å². The zero-order valence-electron chi connectivity index (χ0n) is 24.0. The van der Waals surface area contributed by atoms with E-state index in [0.29, 0.717) is 19.6 Å². The first-order valence-corrected chi connectivity index (χ1v) is 14.4. The van der Waals surface area contributed by atoms with E-state index < -0.39 is 6.04 Å². The second-order valence-electron chi connectivity index (χ2n) is 9.88. The molecule has 0 saturated carbocycles. The summed E-state index contributed by atoms with van der Waals surface area (Å²) in [4.78, 5) is 40.8. The van der Waals surface area contributed by atoms with Gasteiger partial charge in [-0.2, -0.15) is 0 Å². The zero-order valence-corrected chi connectivity index (χ0v) is 24.8. The Hall–Kier alpha value is -4.14. The number of aryl methyl sites for hydroxylation is 2. The van der Waals surface area contributed by atoms with Gasteiger partial charge in [0.2, 0.25) is 11.8 Å². The lowest BCUT2D eigenvalue weighted by atomic mass is 10.0. The minimum Gasteiger partial charge on any atom is -0.383 e. The molecule has 0 radical (unpaired) electrons. The predicted molar refractivity (Wildman–Crippen MR) is 164 cm³/mol. The summed E-state index contributed by atoms with van der Waals surface area (Å²) < 4.78 is 5.22. The van der Waals surface area contributed by atoms with Gasteiger partial charge >= 0.3 is 0 Å². The van der Waals surface area contributed by atoms with Gasteiger partial charge in [-0.25, -0.2) is 4.98 Å². The average Bonchev–Trinajstić information content (AvgIpc) is 3.33. The van der Waals surface area contributed by atoms with Crippen LogP contribution < -0.4 is 0 Å². The van der Waals surface area contributed by atoms with Crippen LogP contribution in [-0.2, 0) is 27.3 Å². The van der Waals surface area contributed by atoms with Gasteiger partial charge in [-0.1, -0.05) is 60.7 Å². The van der Waals surface area contributed by atoms with E-state index in [9.17, 15) is 9.59 Å². The van der Waals surface area contributed by atoms with Crippen molar-refractivity contribution in [1.29, 1.82) is 0 Å². The van der Waals surface area contributed by atoms with Crippen molar-refractivity contribution in [1.82, 2.24) is 19.8 Å². The summed E-state index contributed by atoms with van der Waals surface area (Å²) in [6.45, 7) is 4.99. The van der Waals surface area contributed by atoms with Gasteiger partial charge in [0.05, 0.1) is 22.2 Å². The molecule has 0 N–H and O–H groups in total. The Morgan fingerprint density at radius 1 is 0.976 bits per heavy atom. The van der Waals surface area contributed by atoms with Gasteiger partial charge in [0.25, 0.3) is 0 Å². The van der Waals surface area contributed by atoms with Crippen molar-refractivity contribution in [2.45, 2.75) is 32.9 Å². The van der Waals surface area contributed by atoms with Crippen LogP contribution in [0, 0.1) is 13.8 Å². The number of likely N-dealkylation sites (N-methyl/N-ethyl adjacent to an activating group) is 1. The van der Waals surface area contributed by atoms with E-state index in [-0.39, 0.29) is 18.4 Å². The molecule has 4 rings (SSSR count). The van der Waals surface area contributed by atoms with Crippen LogP contribution in [0.3, 0.4) is 0 Å². The summed E-state index contributed by atoms with van der Waals surface area (Å²) in [5.74, 6) is -0.370. The lowest BCUT2D eigenvalue weighted by molar-refractivity contribution is -0.143. The molecule has 41 heavy (non-hydrogen) atoms. The van der Waals surface area contributed by atoms with Crippen molar-refractivity contribution in [3.8, 4) is 11.1 Å². The van der Waals surface area contributed by atoms with Crippen LogP contribution in [0.4, 0.5) is 0 Å². The number of carbonyl (C=O) groups excluding carboxylic acids is 2. The summed E-state index contributed by atoms with van der Waals surface area (Å²) in [5, 5.41) is 0.942. The normalized spacial score (nSPS) is 11.9. The number of rotatable bonds is 12. The molecule has 0 bridgehead atoms. The number of amides is 2. The van der Waals surface area contributed by atoms with Crippen LogP contribution >= 0.6 is 11.3 Å². The number of methoxy groups -OCH3 is 1. The van der Waals surface area contributed by atoms with Crippen LogP contribution in [0.2, 0.25) is 0 Å². The molecule has 0 aliphatic rings. The number of thiazole rings is 1. The molecule has 0 saturated heterocycles. The highest BCUT2D eigenvalue weighted by atomic mass is 32.1. The van der Waals surface area contributed by atoms with Gasteiger partial charge in [-0.15, -0.1) is 11.3 Å². The van der Waals surface area contributed by atoms with E-state index in [0.717, 1.165) is 37.8 Å². The molecule has 2 aromatic carbocycles. The molecule has 0 fully saturated rings. The minimum atomic E-state index is -0.710. The molecule has 1 unspecified atom stereocenters. The largest absolute Gasteiger partial charge is 0.383 e. The van der Waals surface area contributed by atoms with E-state index >= 15 is 0 Å². The number of pyridine rings is 1. The van der Waals surface area contributed by atoms with Crippen LogP contribution in [0.15, 0.2) is 85.2 Å². The minimum absolute atomic E-state index is 0.135. The summed E-state index contributed by atoms with van der Waals surface area (Å²) in [5.41, 5.74) is 4.84. The van der Waals surface area contributed by atoms with Gasteiger partial charge in [0.1, 0.15) is 6.04 Å². The van der Waals surface area contributed by atoms with Crippen molar-refractivity contribution < 1.29 is 14.3 Å². The molecular weight excluding hydrogens is 532 g/mol. The number of aromatic nitrogens is 2. The Kier molecular flexibility index (Phi) is 10.5. The first-order chi connectivity index (χ1) is 19.9. The molecule has 0 aliphatic carbocycles. The van der Waals surface area contributed by atoms with E-state index in [4.69, 9.17) is 4.74 Å². The fourth-order valence-corrected chi connectivity index (χ4v) is 5.41. The van der Waals surface area contributed by atoms with Crippen LogP contribution in [0.25, 0.3) is 17.2 Å². The number of carbonyl (C=O) groups is 2. The fourth-order valence-electron chi connectivity index (χ4n) is 4.58. The van der Waals surface area contributed by atoms with Crippen LogP contribution in [-0.4, -0.2) is 64.9 Å². The molecule has 7 nitrogen and oxygen atoms in total. The second-order valence-corrected chi connectivity index (χ2v) is 11.1. The third-order valence-electron chi connectivity index (χ3n) is 6.84. The SMILES string of the molecule is COCCN(C)C(=O)C(Cc1ccccc1)N(Cc1ccc(-c2cccnc2)cc1)C(=O)C=Cc1sc(C)nc1C. The molecular formula is C33H36N4O3S. The Labute approximate surface area is 246 Å². The van der Waals surface area contributed by atoms with E-state index in [2.05, 4.69) is 9.97 Å². The molecule has 0 spiro atoms. The van der Waals surface area contributed by atoms with E-state index in [1.54, 1.807) is 53.6 Å². The molecule has 4 aromatic rings. The van der Waals surface area contributed by atoms with Crippen molar-refractivity contribution in [2.24, 2.45) is 0 Å². The third-order valence-corrected chi connectivity index (χ3v) is 7.88. The van der Waals surface area contributed by atoms with Crippen molar-refractivity contribution >= 4 is 29.2 Å². The van der Waals surface area contributed by atoms with Gasteiger partial charge in [-0.3, -0.25) is 14.6 Å². The lowest BCUT2D eigenvalue weighted by Crippen LogP contribution is -2.51. The standard InChI is InChI=1S/C33H36N4O3S/c1-24-31(41-25(2)35-24)16-17-32(38)37(23-27-12-14-28(15-13-27)29-11-8-18-34-22-29)30(21-26-9-6-5-7-10-26)33(39)36(3)19-20-40-4/h5-18,22,30H,19-21,23H2,1-4H3. The topological polar surface area (TPSA) is 75.6 Å². The summed E-state index contributed by atoms with van der Waals surface area (Å²) in [6, 6.07) is 21.1. The van der Waals surface area contributed by atoms with Crippen LogP contribution in [0.5, 0.6) is 0 Å². The number of benzene rings is 2. The number of ether oxygens (including phenoxy) is 1. The summed E-state index contributed by atoms with van der Waals surface area (Å²) >= 11 is 1.54. The fraction of sp³-hybridized carbons (Fsp3) is 0.273. The first kappa shape index (κ1) is 29.8. The molecule has 2 heterocycles. The van der Waals surface area contributed by atoms with Crippen molar-refractivity contribution in [3.05, 3.63) is 112 Å². The van der Waals surface area contributed by atoms with Crippen molar-refractivity contribution in [2.75, 3.05) is 27.3 Å². The number of hydrogen-bond donors (Lipinski definition) is 0. The molecule has 212 valence electrons. The number of hydrogen-bond acceptors (Lipinski definition) is 6. The first-order valence-electron chi connectivity index (χ1n) is 13.6. The van der Waals surface area contributed by atoms with Gasteiger partial charge in [-0.05, 0) is 48.2 Å². The third kappa shape index (κ3) is 8.19. The average molecular weight is 569 g/mol. The van der Waals surface area contributed by atoms with Gasteiger partial charge in [0.15, 0.2) is 0 Å². The molecule has 0 aliphatic heterocycles. The van der Waals surface area contributed by atoms with E-state index in [1.165, 1.54) is 0 Å². The number of nitrogens with zero attached hydrogens (tertiary/aromatic N) is 4. The Bertz CT molecular complexity index is 1450. The lowest BCUT2D eigenvalue weighted by Gasteiger charge is -2.33. The quantitative estimate of drug-likeness (QED) is 0.209. The predicted octanol–water partition coefficient (Wildman–Crippen LogP) is 5.58. The maximum atomic E-state index is 13.9. The molecule has 8 heteroatoms. The van der Waals surface area contributed by atoms with Crippen LogP contribution in [0.1, 0.15) is 26.7 Å². The zero-order chi connectivity index (χ0) is 29.2. The Morgan fingerprint density at radius 2 is 1.73 bits per heavy atom. The van der Waals surface area contributed by atoms with Gasteiger partial charge in [0, 0.05) is 52.1 Å². The highest BCUT2D eigenvalue weighted by molar-refractivity contribution is 7.12. The van der Waals surface area contributed by atoms with Crippen molar-refractivity contribution in [3.63, 3.8) is 0 Å². The highest BCUT2D eigenvalue weighted by Crippen LogP contribution is 2.23.